The SMILES string of the molecule is CC.CC(C)C.CC=O.CCCCC.CCc1ccc(Cl)c(O)c1. The average molecular weight is 361 g/mol. The van der Waals surface area contributed by atoms with Gasteiger partial charge in [-0.2, -0.15) is 0 Å². The summed E-state index contributed by atoms with van der Waals surface area (Å²) in [5.41, 5.74) is 1.10. The molecule has 1 rings (SSSR count). The molecule has 24 heavy (non-hydrogen) atoms. The Morgan fingerprint density at radius 2 is 1.46 bits per heavy atom. The van der Waals surface area contributed by atoms with E-state index in [1.807, 2.05) is 26.8 Å². The summed E-state index contributed by atoms with van der Waals surface area (Å²) in [6.07, 6.45) is 5.75. The van der Waals surface area contributed by atoms with E-state index in [0.717, 1.165) is 24.2 Å². The molecule has 144 valence electrons. The minimum absolute atomic E-state index is 0.168. The molecule has 0 saturated carbocycles. The van der Waals surface area contributed by atoms with E-state index in [0.29, 0.717) is 5.02 Å². The third-order valence-corrected chi connectivity index (χ3v) is 2.45. The number of phenols is 1. The Hall–Kier alpha value is -1.02. The van der Waals surface area contributed by atoms with Crippen LogP contribution in [-0.2, 0) is 11.2 Å². The number of hydrogen-bond acceptors (Lipinski definition) is 2. The minimum atomic E-state index is 0.168. The van der Waals surface area contributed by atoms with Crippen LogP contribution < -0.4 is 0 Å². The number of aryl methyl sites for hydroxylation is 1. The summed E-state index contributed by atoms with van der Waals surface area (Å²) in [7, 11) is 0. The number of phenolic OH excluding ortho intramolecular Hbond substituents is 1. The van der Waals surface area contributed by atoms with Crippen LogP contribution in [0.15, 0.2) is 18.2 Å². The number of benzene rings is 1. The standard InChI is InChI=1S/C8H9ClO.C5H12.C4H10.C2H4O.C2H6/c1-2-6-3-4-7(9)8(10)5-6;1-3-5-4-2;1-4(2)3;1-2-3;1-2/h3-5,10H,2H2,1H3;3-5H2,1-2H3;4H,1-3H3;2H,1H3;1-2H3. The topological polar surface area (TPSA) is 37.3 Å². The molecule has 0 fully saturated rings. The molecule has 0 aliphatic rings. The van der Waals surface area contributed by atoms with E-state index in [2.05, 4.69) is 34.6 Å². The second kappa shape index (κ2) is 26.9. The fourth-order valence-electron chi connectivity index (χ4n) is 1.13. The quantitative estimate of drug-likeness (QED) is 0.560. The number of rotatable bonds is 3. The predicted molar refractivity (Wildman–Crippen MR) is 111 cm³/mol. The molecule has 0 atom stereocenters. The van der Waals surface area contributed by atoms with Crippen molar-refractivity contribution in [2.75, 3.05) is 0 Å². The minimum Gasteiger partial charge on any atom is -0.506 e. The molecular weight excluding hydrogens is 320 g/mol. The molecule has 0 unspecified atom stereocenters. The Bertz CT molecular complexity index is 345. The maximum atomic E-state index is 9.10. The van der Waals surface area contributed by atoms with Crippen molar-refractivity contribution in [3.8, 4) is 5.75 Å². The first kappa shape index (κ1) is 30.8. The van der Waals surface area contributed by atoms with E-state index < -0.39 is 0 Å². The first-order valence-corrected chi connectivity index (χ1v) is 9.55. The maximum absolute atomic E-state index is 9.10. The van der Waals surface area contributed by atoms with Gasteiger partial charge < -0.3 is 9.90 Å². The fraction of sp³-hybridized carbons (Fsp3) is 0.667. The normalized spacial score (nSPS) is 8.12. The van der Waals surface area contributed by atoms with Crippen molar-refractivity contribution in [1.29, 1.82) is 0 Å². The highest BCUT2D eigenvalue weighted by atomic mass is 35.5. The second-order valence-corrected chi connectivity index (χ2v) is 5.87. The largest absolute Gasteiger partial charge is 0.506 e. The smallest absolute Gasteiger partial charge is 0.134 e. The molecule has 0 saturated heterocycles. The van der Waals surface area contributed by atoms with Gasteiger partial charge in [0, 0.05) is 0 Å². The van der Waals surface area contributed by atoms with E-state index in [4.69, 9.17) is 21.5 Å². The van der Waals surface area contributed by atoms with Crippen molar-refractivity contribution in [3.63, 3.8) is 0 Å². The number of hydrogen-bond donors (Lipinski definition) is 1. The van der Waals surface area contributed by atoms with E-state index in [1.165, 1.54) is 26.2 Å². The van der Waals surface area contributed by atoms with Crippen LogP contribution in [-0.4, -0.2) is 11.4 Å². The summed E-state index contributed by atoms with van der Waals surface area (Å²) in [5.74, 6) is 1.00. The van der Waals surface area contributed by atoms with Crippen LogP contribution in [0.2, 0.25) is 5.02 Å². The van der Waals surface area contributed by atoms with Gasteiger partial charge in [0.05, 0.1) is 5.02 Å². The molecular formula is C21H41ClO2. The molecule has 1 aromatic rings. The van der Waals surface area contributed by atoms with Gasteiger partial charge in [-0.3, -0.25) is 0 Å². The molecule has 0 radical (unpaired) electrons. The summed E-state index contributed by atoms with van der Waals surface area (Å²) in [4.78, 5) is 8.81. The Kier molecular flexibility index (Phi) is 34.5. The third kappa shape index (κ3) is 32.8. The zero-order chi connectivity index (χ0) is 20.0. The Morgan fingerprint density at radius 3 is 1.67 bits per heavy atom. The predicted octanol–water partition coefficient (Wildman–Crippen LogP) is 7.70. The molecule has 0 aromatic heterocycles. The van der Waals surface area contributed by atoms with Crippen LogP contribution >= 0.6 is 11.6 Å². The molecule has 0 spiro atoms. The van der Waals surface area contributed by atoms with E-state index in [-0.39, 0.29) is 5.75 Å². The molecule has 0 aliphatic heterocycles. The highest BCUT2D eigenvalue weighted by molar-refractivity contribution is 6.31. The van der Waals surface area contributed by atoms with E-state index in [1.54, 1.807) is 12.1 Å². The van der Waals surface area contributed by atoms with Crippen molar-refractivity contribution in [2.24, 2.45) is 5.92 Å². The number of carbonyl (C=O) groups excluding carboxylic acids is 1. The van der Waals surface area contributed by atoms with Gasteiger partial charge >= 0.3 is 0 Å². The monoisotopic (exact) mass is 360 g/mol. The van der Waals surface area contributed by atoms with Crippen LogP contribution in [0.3, 0.4) is 0 Å². The second-order valence-electron chi connectivity index (χ2n) is 5.46. The third-order valence-electron chi connectivity index (χ3n) is 2.13. The first-order chi connectivity index (χ1) is 11.3. The molecule has 0 aliphatic carbocycles. The molecule has 0 amide bonds. The van der Waals surface area contributed by atoms with Gasteiger partial charge in [0.15, 0.2) is 0 Å². The van der Waals surface area contributed by atoms with E-state index >= 15 is 0 Å². The fourth-order valence-corrected chi connectivity index (χ4v) is 1.25. The van der Waals surface area contributed by atoms with Gasteiger partial charge in [-0.25, -0.2) is 0 Å². The number of halogens is 1. The van der Waals surface area contributed by atoms with Crippen LogP contribution in [0, 0.1) is 5.92 Å². The van der Waals surface area contributed by atoms with Gasteiger partial charge in [0.1, 0.15) is 12.0 Å². The van der Waals surface area contributed by atoms with E-state index in [9.17, 15) is 0 Å². The summed E-state index contributed by atoms with van der Waals surface area (Å²) in [6, 6.07) is 5.29. The number of aldehydes is 1. The molecule has 0 bridgehead atoms. The van der Waals surface area contributed by atoms with Crippen molar-refractivity contribution < 1.29 is 9.90 Å². The molecule has 3 heteroatoms. The molecule has 1 aromatic carbocycles. The molecule has 2 nitrogen and oxygen atoms in total. The first-order valence-electron chi connectivity index (χ1n) is 9.17. The van der Waals surface area contributed by atoms with Crippen LogP contribution in [0.25, 0.3) is 0 Å². The lowest BCUT2D eigenvalue weighted by molar-refractivity contribution is -0.106. The van der Waals surface area contributed by atoms with Crippen LogP contribution in [0.4, 0.5) is 0 Å². The Labute approximate surface area is 156 Å². The highest BCUT2D eigenvalue weighted by Gasteiger charge is 1.96. The maximum Gasteiger partial charge on any atom is 0.134 e. The highest BCUT2D eigenvalue weighted by Crippen LogP contribution is 2.23. The van der Waals surface area contributed by atoms with Crippen LogP contribution in [0.1, 0.15) is 87.1 Å². The lowest BCUT2D eigenvalue weighted by atomic mass is 10.2. The van der Waals surface area contributed by atoms with Crippen molar-refractivity contribution in [3.05, 3.63) is 28.8 Å². The average Bonchev–Trinajstić information content (AvgIpc) is 2.54. The number of carbonyl (C=O) groups is 1. The summed E-state index contributed by atoms with van der Waals surface area (Å²) >= 11 is 5.59. The van der Waals surface area contributed by atoms with Gasteiger partial charge in [-0.1, -0.05) is 92.3 Å². The zero-order valence-corrected chi connectivity index (χ0v) is 18.2. The lowest BCUT2D eigenvalue weighted by Gasteiger charge is -1.98. The summed E-state index contributed by atoms with van der Waals surface area (Å²) in [5, 5.41) is 9.51. The Morgan fingerprint density at radius 1 is 1.08 bits per heavy atom. The van der Waals surface area contributed by atoms with Gasteiger partial charge in [-0.15, -0.1) is 0 Å². The number of aromatic hydroxyl groups is 1. The molecule has 0 heterocycles. The van der Waals surface area contributed by atoms with Crippen LogP contribution in [0.5, 0.6) is 5.75 Å². The van der Waals surface area contributed by atoms with Gasteiger partial charge in [0.25, 0.3) is 0 Å². The van der Waals surface area contributed by atoms with Crippen molar-refractivity contribution in [2.45, 2.75) is 88.0 Å². The Balaban J connectivity index is -0.000000122. The van der Waals surface area contributed by atoms with Gasteiger partial charge in [-0.05, 0) is 37.0 Å². The lowest BCUT2D eigenvalue weighted by Crippen LogP contribution is -1.77. The molecule has 1 N–H and O–H groups in total. The summed E-state index contributed by atoms with van der Waals surface area (Å²) in [6.45, 7) is 18.4. The van der Waals surface area contributed by atoms with Crippen molar-refractivity contribution in [1.82, 2.24) is 0 Å². The van der Waals surface area contributed by atoms with Gasteiger partial charge in [0.2, 0.25) is 0 Å². The number of unbranched alkanes of at least 4 members (excludes halogenated alkanes) is 2. The summed E-state index contributed by atoms with van der Waals surface area (Å²) < 4.78 is 0. The van der Waals surface area contributed by atoms with Crippen molar-refractivity contribution >= 4 is 17.9 Å². The zero-order valence-electron chi connectivity index (χ0n) is 17.4.